The van der Waals surface area contributed by atoms with Crippen LogP contribution in [0.25, 0.3) is 0 Å². The van der Waals surface area contributed by atoms with Crippen molar-refractivity contribution in [1.29, 1.82) is 0 Å². The van der Waals surface area contributed by atoms with Crippen molar-refractivity contribution in [3.05, 3.63) is 0 Å². The van der Waals surface area contributed by atoms with Gasteiger partial charge in [0.05, 0.1) is 19.3 Å². The maximum Gasteiger partial charge on any atom is 0.337 e. The molecule has 0 aromatic heterocycles. The second kappa shape index (κ2) is 5.59. The smallest absolute Gasteiger partial charge is 0.337 e. The van der Waals surface area contributed by atoms with Gasteiger partial charge in [0.2, 0.25) is 6.41 Å². The molecule has 0 aromatic rings. The minimum atomic E-state index is -0.614. The Morgan fingerprint density at radius 2 is 2.50 bits per heavy atom. The van der Waals surface area contributed by atoms with E-state index in [0.717, 1.165) is 12.8 Å². The molecular weight excluding hydrogens is 186 g/mol. The Labute approximate surface area is 82.8 Å². The molecule has 14 heavy (non-hydrogen) atoms. The normalized spacial score (nSPS) is 24.9. The highest BCUT2D eigenvalue weighted by molar-refractivity contribution is 5.77. The van der Waals surface area contributed by atoms with E-state index < -0.39 is 6.10 Å². The number of ether oxygens (including phenoxy) is 2. The highest BCUT2D eigenvalue weighted by Gasteiger charge is 2.38. The monoisotopic (exact) mass is 201 g/mol. The van der Waals surface area contributed by atoms with Crippen molar-refractivity contribution in [2.75, 3.05) is 13.2 Å². The summed E-state index contributed by atoms with van der Waals surface area (Å²) in [7, 11) is 0. The molecule has 5 nitrogen and oxygen atoms in total. The van der Waals surface area contributed by atoms with Crippen LogP contribution in [0.2, 0.25) is 0 Å². The first-order chi connectivity index (χ1) is 6.79. The molecule has 5 heteroatoms. The zero-order valence-electron chi connectivity index (χ0n) is 8.19. The predicted octanol–water partition coefficient (Wildman–Crippen LogP) is -0.157. The molecule has 0 bridgehead atoms. The third-order valence-electron chi connectivity index (χ3n) is 2.08. The number of rotatable bonds is 6. The van der Waals surface area contributed by atoms with Crippen LogP contribution in [0.5, 0.6) is 0 Å². The zero-order chi connectivity index (χ0) is 10.4. The fraction of sp³-hybridized carbons (Fsp3) is 0.778. The van der Waals surface area contributed by atoms with Gasteiger partial charge in [-0.15, -0.1) is 0 Å². The summed E-state index contributed by atoms with van der Waals surface area (Å²) in [5, 5.41) is 2.50. The SMILES string of the molecule is CCCCOC(=O)[C@@H]1OC[C@@H]1NC=O. The van der Waals surface area contributed by atoms with Gasteiger partial charge in [0.1, 0.15) is 0 Å². The van der Waals surface area contributed by atoms with Crippen molar-refractivity contribution < 1.29 is 19.1 Å². The van der Waals surface area contributed by atoms with Crippen molar-refractivity contribution in [2.45, 2.75) is 31.9 Å². The van der Waals surface area contributed by atoms with Crippen molar-refractivity contribution in [1.82, 2.24) is 5.32 Å². The van der Waals surface area contributed by atoms with Crippen LogP contribution in [0.4, 0.5) is 0 Å². The predicted molar refractivity (Wildman–Crippen MR) is 48.6 cm³/mol. The molecule has 2 atom stereocenters. The average Bonchev–Trinajstić information content (AvgIpc) is 2.13. The van der Waals surface area contributed by atoms with Crippen molar-refractivity contribution >= 4 is 12.4 Å². The molecule has 1 saturated heterocycles. The first-order valence-corrected chi connectivity index (χ1v) is 4.77. The summed E-state index contributed by atoms with van der Waals surface area (Å²) in [6.07, 6.45) is 1.79. The van der Waals surface area contributed by atoms with Crippen LogP contribution in [0.1, 0.15) is 19.8 Å². The molecule has 0 aromatic carbocycles. The van der Waals surface area contributed by atoms with E-state index in [-0.39, 0.29) is 12.0 Å². The molecule has 1 rings (SSSR count). The van der Waals surface area contributed by atoms with Gasteiger partial charge in [0, 0.05) is 0 Å². The summed E-state index contributed by atoms with van der Waals surface area (Å²) in [4.78, 5) is 21.4. The lowest BCUT2D eigenvalue weighted by Crippen LogP contribution is -2.57. The molecule has 0 radical (unpaired) electrons. The van der Waals surface area contributed by atoms with Gasteiger partial charge in [-0.1, -0.05) is 13.3 Å². The van der Waals surface area contributed by atoms with E-state index in [0.29, 0.717) is 19.6 Å². The van der Waals surface area contributed by atoms with Gasteiger partial charge in [0.15, 0.2) is 6.10 Å². The largest absolute Gasteiger partial charge is 0.464 e. The zero-order valence-corrected chi connectivity index (χ0v) is 8.19. The average molecular weight is 201 g/mol. The fourth-order valence-electron chi connectivity index (χ4n) is 1.14. The Kier molecular flexibility index (Phi) is 4.39. The van der Waals surface area contributed by atoms with Gasteiger partial charge in [0.25, 0.3) is 0 Å². The first kappa shape index (κ1) is 11.0. The minimum Gasteiger partial charge on any atom is -0.464 e. The van der Waals surface area contributed by atoms with Gasteiger partial charge < -0.3 is 14.8 Å². The second-order valence-electron chi connectivity index (χ2n) is 3.17. The molecule has 1 amide bonds. The number of amides is 1. The third-order valence-corrected chi connectivity index (χ3v) is 2.08. The molecule has 1 aliphatic rings. The Morgan fingerprint density at radius 3 is 3.00 bits per heavy atom. The number of carbonyl (C=O) groups excluding carboxylic acids is 2. The van der Waals surface area contributed by atoms with Crippen LogP contribution in [0.3, 0.4) is 0 Å². The fourth-order valence-corrected chi connectivity index (χ4v) is 1.14. The summed E-state index contributed by atoms with van der Waals surface area (Å²) in [6.45, 7) is 2.82. The number of hydrogen-bond donors (Lipinski definition) is 1. The summed E-state index contributed by atoms with van der Waals surface area (Å²) in [5.41, 5.74) is 0. The summed E-state index contributed by atoms with van der Waals surface area (Å²) >= 11 is 0. The number of unbranched alkanes of at least 4 members (excludes halogenated alkanes) is 1. The standard InChI is InChI=1S/C9H15NO4/c1-2-3-4-13-9(12)8-7(5-14-8)10-6-11/h6-8H,2-5H2,1H3,(H,10,11)/t7-,8+/m0/s1. The van der Waals surface area contributed by atoms with Crippen LogP contribution in [0, 0.1) is 0 Å². The lowest BCUT2D eigenvalue weighted by Gasteiger charge is -2.33. The Hall–Kier alpha value is -1.10. The molecule has 0 aliphatic carbocycles. The topological polar surface area (TPSA) is 64.6 Å². The number of carbonyl (C=O) groups is 2. The van der Waals surface area contributed by atoms with Gasteiger partial charge in [-0.2, -0.15) is 0 Å². The Bertz CT molecular complexity index is 207. The highest BCUT2D eigenvalue weighted by Crippen LogP contribution is 2.13. The molecule has 1 heterocycles. The van der Waals surface area contributed by atoms with E-state index in [4.69, 9.17) is 9.47 Å². The summed E-state index contributed by atoms with van der Waals surface area (Å²) < 4.78 is 9.94. The van der Waals surface area contributed by atoms with Gasteiger partial charge in [-0.3, -0.25) is 4.79 Å². The summed E-state index contributed by atoms with van der Waals surface area (Å²) in [5.74, 6) is -0.385. The summed E-state index contributed by atoms with van der Waals surface area (Å²) in [6, 6.07) is -0.221. The minimum absolute atomic E-state index is 0.221. The first-order valence-electron chi connectivity index (χ1n) is 4.77. The van der Waals surface area contributed by atoms with Crippen LogP contribution in [0.15, 0.2) is 0 Å². The molecule has 0 unspecified atom stereocenters. The highest BCUT2D eigenvalue weighted by atomic mass is 16.6. The molecule has 0 spiro atoms. The number of esters is 1. The molecule has 1 fully saturated rings. The van der Waals surface area contributed by atoms with E-state index in [1.54, 1.807) is 0 Å². The van der Waals surface area contributed by atoms with Crippen molar-refractivity contribution in [2.24, 2.45) is 0 Å². The lowest BCUT2D eigenvalue weighted by atomic mass is 10.1. The maximum absolute atomic E-state index is 11.3. The van der Waals surface area contributed by atoms with E-state index in [9.17, 15) is 9.59 Å². The van der Waals surface area contributed by atoms with Gasteiger partial charge in [-0.25, -0.2) is 4.79 Å². The Morgan fingerprint density at radius 1 is 1.71 bits per heavy atom. The number of hydrogen-bond acceptors (Lipinski definition) is 4. The molecule has 0 saturated carbocycles. The molecule has 80 valence electrons. The van der Waals surface area contributed by atoms with Crippen LogP contribution < -0.4 is 5.32 Å². The second-order valence-corrected chi connectivity index (χ2v) is 3.17. The van der Waals surface area contributed by atoms with Crippen LogP contribution in [-0.2, 0) is 19.1 Å². The maximum atomic E-state index is 11.3. The van der Waals surface area contributed by atoms with E-state index in [1.165, 1.54) is 0 Å². The molecule has 1 N–H and O–H groups in total. The van der Waals surface area contributed by atoms with Crippen LogP contribution in [-0.4, -0.2) is 37.7 Å². The Balaban J connectivity index is 2.20. The quantitative estimate of drug-likeness (QED) is 0.368. The van der Waals surface area contributed by atoms with Crippen molar-refractivity contribution in [3.63, 3.8) is 0 Å². The third kappa shape index (κ3) is 2.70. The van der Waals surface area contributed by atoms with E-state index >= 15 is 0 Å². The van der Waals surface area contributed by atoms with E-state index in [2.05, 4.69) is 5.32 Å². The van der Waals surface area contributed by atoms with Crippen LogP contribution >= 0.6 is 0 Å². The molecular formula is C9H15NO4. The lowest BCUT2D eigenvalue weighted by molar-refractivity contribution is -0.176. The van der Waals surface area contributed by atoms with E-state index in [1.807, 2.05) is 6.92 Å². The number of nitrogens with one attached hydrogen (secondary N) is 1. The van der Waals surface area contributed by atoms with Crippen molar-refractivity contribution in [3.8, 4) is 0 Å². The molecule has 1 aliphatic heterocycles. The van der Waals surface area contributed by atoms with Gasteiger partial charge >= 0.3 is 5.97 Å². The van der Waals surface area contributed by atoms with Gasteiger partial charge in [-0.05, 0) is 6.42 Å².